The van der Waals surface area contributed by atoms with Crippen LogP contribution in [0.25, 0.3) is 0 Å². The van der Waals surface area contributed by atoms with Crippen LogP contribution < -0.4 is 0 Å². The van der Waals surface area contributed by atoms with Crippen molar-refractivity contribution in [2.75, 3.05) is 5.75 Å². The Labute approximate surface area is 91.1 Å². The summed E-state index contributed by atoms with van der Waals surface area (Å²) in [6.07, 6.45) is 1.17. The van der Waals surface area contributed by atoms with E-state index in [0.29, 0.717) is 0 Å². The summed E-state index contributed by atoms with van der Waals surface area (Å²) in [5, 5.41) is 8.63. The molecule has 0 aliphatic heterocycles. The van der Waals surface area contributed by atoms with Crippen molar-refractivity contribution in [2.45, 2.75) is 32.1 Å². The summed E-state index contributed by atoms with van der Waals surface area (Å²) in [6, 6.07) is 9.86. The van der Waals surface area contributed by atoms with Crippen molar-refractivity contribution >= 4 is 11.8 Å². The number of thioether (sulfide) groups is 1. The van der Waals surface area contributed by atoms with E-state index in [9.17, 15) is 0 Å². The Morgan fingerprint density at radius 3 is 2.64 bits per heavy atom. The lowest BCUT2D eigenvalue weighted by Gasteiger charge is -1.98. The molecule has 0 atom stereocenters. The minimum Gasteiger partial charge on any atom is -0.192 e. The molecule has 0 N–H and O–H groups in total. The Morgan fingerprint density at radius 1 is 1.36 bits per heavy atom. The van der Waals surface area contributed by atoms with Crippen molar-refractivity contribution in [3.05, 3.63) is 29.8 Å². The molecule has 0 unspecified atom stereocenters. The van der Waals surface area contributed by atoms with E-state index in [1.54, 1.807) is 11.8 Å². The summed E-state index contributed by atoms with van der Waals surface area (Å²) < 4.78 is 0. The molecule has 0 aliphatic carbocycles. The zero-order valence-electron chi connectivity index (χ0n) is 9.08. The second-order valence-electron chi connectivity index (χ2n) is 2.49. The van der Waals surface area contributed by atoms with Gasteiger partial charge in [-0.25, -0.2) is 0 Å². The summed E-state index contributed by atoms with van der Waals surface area (Å²) in [6.45, 7) is 6.15. The first-order chi connectivity index (χ1) is 6.86. The number of rotatable bonds is 3. The highest BCUT2D eigenvalue weighted by Crippen LogP contribution is 2.19. The molecule has 0 saturated carbocycles. The molecule has 76 valence electrons. The molecule has 0 radical (unpaired) electrons. The molecule has 0 aliphatic rings. The molecule has 0 saturated heterocycles. The average molecular weight is 207 g/mol. The molecule has 14 heavy (non-hydrogen) atoms. The molecule has 0 fully saturated rings. The van der Waals surface area contributed by atoms with E-state index in [-0.39, 0.29) is 0 Å². The third-order valence-electron chi connectivity index (χ3n) is 1.44. The minimum absolute atomic E-state index is 0.746. The molecule has 2 heteroatoms. The van der Waals surface area contributed by atoms with Gasteiger partial charge in [-0.05, 0) is 30.4 Å². The Hall–Kier alpha value is -0.940. The molecule has 1 aromatic carbocycles. The van der Waals surface area contributed by atoms with Gasteiger partial charge in [0.15, 0.2) is 0 Å². The number of nitriles is 1. The van der Waals surface area contributed by atoms with Crippen LogP contribution in [0.2, 0.25) is 0 Å². The molecule has 1 nitrogen and oxygen atoms in total. The topological polar surface area (TPSA) is 23.8 Å². The highest BCUT2D eigenvalue weighted by molar-refractivity contribution is 7.99. The zero-order valence-corrected chi connectivity index (χ0v) is 9.90. The fourth-order valence-electron chi connectivity index (χ4n) is 0.875. The van der Waals surface area contributed by atoms with Gasteiger partial charge in [-0.2, -0.15) is 5.26 Å². The maximum atomic E-state index is 8.63. The van der Waals surface area contributed by atoms with E-state index < -0.39 is 0 Å². The second kappa shape index (κ2) is 8.65. The zero-order chi connectivity index (χ0) is 10.8. The van der Waals surface area contributed by atoms with E-state index >= 15 is 0 Å². The van der Waals surface area contributed by atoms with Gasteiger partial charge < -0.3 is 0 Å². The van der Waals surface area contributed by atoms with Crippen molar-refractivity contribution in [1.82, 2.24) is 0 Å². The molecule has 0 bridgehead atoms. The van der Waals surface area contributed by atoms with E-state index in [2.05, 4.69) is 13.0 Å². The van der Waals surface area contributed by atoms with Crippen LogP contribution in [0.1, 0.15) is 32.8 Å². The van der Waals surface area contributed by atoms with Crippen LogP contribution in [0.4, 0.5) is 0 Å². The third-order valence-corrected chi connectivity index (χ3v) is 2.64. The number of nitrogens with zero attached hydrogens (tertiary/aromatic N) is 1. The van der Waals surface area contributed by atoms with Gasteiger partial charge in [0.05, 0.1) is 11.6 Å². The lowest BCUT2D eigenvalue weighted by molar-refractivity contribution is 1.10. The molecule has 0 spiro atoms. The quantitative estimate of drug-likeness (QED) is 0.697. The molecule has 0 heterocycles. The van der Waals surface area contributed by atoms with Crippen molar-refractivity contribution in [3.63, 3.8) is 0 Å². The van der Waals surface area contributed by atoms with Crippen molar-refractivity contribution in [2.24, 2.45) is 0 Å². The number of hydrogen-bond donors (Lipinski definition) is 0. The molecule has 0 amide bonds. The fourth-order valence-corrected chi connectivity index (χ4v) is 1.70. The monoisotopic (exact) mass is 207 g/mol. The minimum atomic E-state index is 0.746. The lowest BCUT2D eigenvalue weighted by atomic mass is 10.2. The van der Waals surface area contributed by atoms with Crippen molar-refractivity contribution < 1.29 is 0 Å². The van der Waals surface area contributed by atoms with Crippen LogP contribution in [0, 0.1) is 11.3 Å². The first-order valence-corrected chi connectivity index (χ1v) is 5.98. The van der Waals surface area contributed by atoms with Gasteiger partial charge in [0.1, 0.15) is 0 Å². The van der Waals surface area contributed by atoms with E-state index in [0.717, 1.165) is 11.3 Å². The Morgan fingerprint density at radius 2 is 2.07 bits per heavy atom. The van der Waals surface area contributed by atoms with Gasteiger partial charge in [-0.1, -0.05) is 26.8 Å². The van der Waals surface area contributed by atoms with Gasteiger partial charge >= 0.3 is 0 Å². The second-order valence-corrected chi connectivity index (χ2v) is 3.66. The number of hydrogen-bond acceptors (Lipinski definition) is 2. The Bertz CT molecular complexity index is 289. The largest absolute Gasteiger partial charge is 0.192 e. The van der Waals surface area contributed by atoms with E-state index in [1.165, 1.54) is 11.3 Å². The molecule has 1 rings (SSSR count). The van der Waals surface area contributed by atoms with Gasteiger partial charge in [-0.15, -0.1) is 11.8 Å². The predicted molar refractivity (Wildman–Crippen MR) is 63.5 cm³/mol. The maximum Gasteiger partial charge on any atom is 0.0992 e. The van der Waals surface area contributed by atoms with E-state index in [1.807, 2.05) is 38.1 Å². The smallest absolute Gasteiger partial charge is 0.0992 e. The van der Waals surface area contributed by atoms with Crippen LogP contribution in [-0.2, 0) is 0 Å². The van der Waals surface area contributed by atoms with Gasteiger partial charge in [0.25, 0.3) is 0 Å². The first-order valence-electron chi connectivity index (χ1n) is 4.99. The van der Waals surface area contributed by atoms with Crippen LogP contribution in [-0.4, -0.2) is 5.75 Å². The standard InChI is InChI=1S/C10H11NS.C2H6/c1-2-6-12-10-5-3-4-9(7-10)8-11;1-2/h3-5,7H,2,6H2,1H3;1-2H3. The van der Waals surface area contributed by atoms with Crippen molar-refractivity contribution in [3.8, 4) is 6.07 Å². The van der Waals surface area contributed by atoms with Gasteiger partial charge in [0, 0.05) is 4.90 Å². The fraction of sp³-hybridized carbons (Fsp3) is 0.417. The van der Waals surface area contributed by atoms with Crippen LogP contribution in [0.15, 0.2) is 29.2 Å². The molecular formula is C12H17NS. The third kappa shape index (κ3) is 4.94. The summed E-state index contributed by atoms with van der Waals surface area (Å²) in [4.78, 5) is 1.19. The van der Waals surface area contributed by atoms with E-state index in [4.69, 9.17) is 5.26 Å². The van der Waals surface area contributed by atoms with Crippen LogP contribution in [0.5, 0.6) is 0 Å². The SMILES string of the molecule is CC.CCCSc1cccc(C#N)c1. The average Bonchev–Trinajstić information content (AvgIpc) is 2.29. The molecular weight excluding hydrogens is 190 g/mol. The highest BCUT2D eigenvalue weighted by Gasteiger charge is 1.93. The molecule has 1 aromatic rings. The van der Waals surface area contributed by atoms with Crippen LogP contribution >= 0.6 is 11.8 Å². The normalized spacial score (nSPS) is 8.43. The van der Waals surface area contributed by atoms with Gasteiger partial charge in [0.2, 0.25) is 0 Å². The highest BCUT2D eigenvalue weighted by atomic mass is 32.2. The summed E-state index contributed by atoms with van der Waals surface area (Å²) in [5.74, 6) is 1.12. The lowest BCUT2D eigenvalue weighted by Crippen LogP contribution is -1.78. The van der Waals surface area contributed by atoms with Crippen LogP contribution in [0.3, 0.4) is 0 Å². The summed E-state index contributed by atoms with van der Waals surface area (Å²) >= 11 is 1.80. The van der Waals surface area contributed by atoms with Crippen molar-refractivity contribution in [1.29, 1.82) is 5.26 Å². The maximum absolute atomic E-state index is 8.63. The summed E-state index contributed by atoms with van der Waals surface area (Å²) in [7, 11) is 0. The van der Waals surface area contributed by atoms with Gasteiger partial charge in [-0.3, -0.25) is 0 Å². The Kier molecular flexibility index (Phi) is 8.07. The Balaban J connectivity index is 0.000000791. The summed E-state index contributed by atoms with van der Waals surface area (Å²) in [5.41, 5.74) is 0.746. The molecule has 0 aromatic heterocycles. The predicted octanol–water partition coefficient (Wildman–Crippen LogP) is 4.09. The number of benzene rings is 1. The first kappa shape index (κ1) is 13.1.